The maximum absolute atomic E-state index is 12.6. The summed E-state index contributed by atoms with van der Waals surface area (Å²) in [6.45, 7) is 1.63. The molecule has 1 fully saturated rings. The number of nitrogen functional groups attached to an aromatic ring is 1. The van der Waals surface area contributed by atoms with Crippen LogP contribution < -0.4 is 15.8 Å². The van der Waals surface area contributed by atoms with Crippen LogP contribution in [-0.4, -0.2) is 46.4 Å². The average molecular weight is 357 g/mol. The number of carbonyl (C=O) groups excluding carboxylic acids is 1. The predicted octanol–water partition coefficient (Wildman–Crippen LogP) is 1.59. The molecule has 0 unspecified atom stereocenters. The molecule has 2 aliphatic rings. The van der Waals surface area contributed by atoms with E-state index in [4.69, 9.17) is 10.5 Å². The second-order valence-corrected chi connectivity index (χ2v) is 7.14. The van der Waals surface area contributed by atoms with Crippen LogP contribution in [0.1, 0.15) is 41.7 Å². The Labute approximate surface area is 151 Å². The highest BCUT2D eigenvalue weighted by Crippen LogP contribution is 2.37. The van der Waals surface area contributed by atoms with Gasteiger partial charge in [-0.05, 0) is 42.1 Å². The van der Waals surface area contributed by atoms with E-state index in [2.05, 4.69) is 26.3 Å². The Hall–Kier alpha value is -2.61. The van der Waals surface area contributed by atoms with Gasteiger partial charge in [0, 0.05) is 31.7 Å². The summed E-state index contributed by atoms with van der Waals surface area (Å²) in [6.07, 6.45) is 3.47. The lowest BCUT2D eigenvalue weighted by Crippen LogP contribution is -2.51. The maximum Gasteiger partial charge on any atom is 0.280 e. The third-order valence-electron chi connectivity index (χ3n) is 5.51. The van der Waals surface area contributed by atoms with Crippen molar-refractivity contribution in [3.8, 4) is 5.75 Å². The van der Waals surface area contributed by atoms with Gasteiger partial charge in [0.25, 0.3) is 5.91 Å². The zero-order chi connectivity index (χ0) is 18.1. The first-order valence-corrected chi connectivity index (χ1v) is 8.91. The second kappa shape index (κ2) is 6.60. The maximum atomic E-state index is 12.6. The van der Waals surface area contributed by atoms with E-state index in [1.165, 1.54) is 5.56 Å². The fourth-order valence-electron chi connectivity index (χ4n) is 3.92. The van der Waals surface area contributed by atoms with Gasteiger partial charge in [0.2, 0.25) is 11.5 Å². The summed E-state index contributed by atoms with van der Waals surface area (Å²) in [4.78, 5) is 14.2. The fraction of sp³-hybridized carbons (Fsp3) is 0.500. The number of nitrogens with one attached hydrogen (secondary N) is 1. The molecule has 8 nitrogen and oxygen atoms in total. The Morgan fingerprint density at radius 2 is 2.08 bits per heavy atom. The van der Waals surface area contributed by atoms with Crippen molar-refractivity contribution in [3.05, 3.63) is 35.5 Å². The van der Waals surface area contributed by atoms with Gasteiger partial charge in [-0.2, -0.15) is 0 Å². The minimum Gasteiger partial charge on any atom is -0.486 e. The molecule has 1 aromatic heterocycles. The molecule has 1 aliphatic carbocycles. The number of carbonyl (C=O) groups is 1. The quantitative estimate of drug-likeness (QED) is 0.840. The molecule has 2 aromatic rings. The zero-order valence-electron chi connectivity index (χ0n) is 14.8. The molecule has 0 saturated heterocycles. The fourth-order valence-corrected chi connectivity index (χ4v) is 3.92. The van der Waals surface area contributed by atoms with Crippen LogP contribution in [0.5, 0.6) is 5.75 Å². The lowest BCUT2D eigenvalue weighted by Gasteiger charge is -2.42. The first-order valence-electron chi connectivity index (χ1n) is 8.91. The van der Waals surface area contributed by atoms with E-state index in [9.17, 15) is 4.79 Å². The van der Waals surface area contributed by atoms with Crippen LogP contribution in [-0.2, 0) is 6.54 Å². The van der Waals surface area contributed by atoms with Gasteiger partial charge in [-0.3, -0.25) is 4.79 Å². The topological polar surface area (TPSA) is 107 Å². The first kappa shape index (κ1) is 16.8. The molecule has 1 spiro atoms. The first-order chi connectivity index (χ1) is 12.6. The van der Waals surface area contributed by atoms with Gasteiger partial charge < -0.3 is 20.7 Å². The number of rotatable bonds is 2. The predicted molar refractivity (Wildman–Crippen MR) is 94.6 cm³/mol. The van der Waals surface area contributed by atoms with Crippen LogP contribution in [0, 0.1) is 0 Å². The van der Waals surface area contributed by atoms with Gasteiger partial charge in [-0.1, -0.05) is 18.2 Å². The third-order valence-corrected chi connectivity index (χ3v) is 5.51. The number of nitrogens with two attached hydrogens (primary N) is 1. The molecule has 0 bridgehead atoms. The summed E-state index contributed by atoms with van der Waals surface area (Å²) >= 11 is 0. The van der Waals surface area contributed by atoms with Gasteiger partial charge >= 0.3 is 0 Å². The number of benzene rings is 1. The molecule has 1 aromatic carbocycles. The van der Waals surface area contributed by atoms with E-state index in [-0.39, 0.29) is 29.1 Å². The number of para-hydroxylation sites is 1. The van der Waals surface area contributed by atoms with Crippen molar-refractivity contribution < 1.29 is 14.2 Å². The van der Waals surface area contributed by atoms with Gasteiger partial charge in [0.05, 0.1) is 0 Å². The van der Waals surface area contributed by atoms with Crippen LogP contribution in [0.15, 0.2) is 28.9 Å². The van der Waals surface area contributed by atoms with Crippen molar-refractivity contribution in [2.75, 3.05) is 19.3 Å². The number of fused-ring (bicyclic) bond motifs is 1. The molecule has 0 radical (unpaired) electrons. The summed E-state index contributed by atoms with van der Waals surface area (Å²) in [6, 6.07) is 8.28. The normalized spacial score (nSPS) is 25.2. The van der Waals surface area contributed by atoms with E-state index in [0.29, 0.717) is 0 Å². The largest absolute Gasteiger partial charge is 0.486 e. The molecule has 2 heterocycles. The molecule has 3 N–H and O–H groups in total. The lowest BCUT2D eigenvalue weighted by molar-refractivity contribution is 0.01000. The van der Waals surface area contributed by atoms with Crippen LogP contribution in [0.25, 0.3) is 0 Å². The SMILES string of the molecule is CN(C(=O)c1nonc1N)C1CCC2(CC1)CNCc1ccccc1O2. The van der Waals surface area contributed by atoms with E-state index < -0.39 is 0 Å². The van der Waals surface area contributed by atoms with E-state index >= 15 is 0 Å². The van der Waals surface area contributed by atoms with Gasteiger partial charge in [-0.15, -0.1) is 0 Å². The molecule has 1 aliphatic heterocycles. The standard InChI is InChI=1S/C18H23N5O3/c1-23(17(24)15-16(19)22-26-21-15)13-6-8-18(9-7-13)11-20-10-12-4-2-3-5-14(12)25-18/h2-5,13,20H,6-11H2,1H3,(H2,19,22). The number of nitrogens with zero attached hydrogens (tertiary/aromatic N) is 3. The van der Waals surface area contributed by atoms with Crippen LogP contribution in [0.4, 0.5) is 5.82 Å². The number of ether oxygens (including phenoxy) is 1. The summed E-state index contributed by atoms with van der Waals surface area (Å²) in [7, 11) is 1.78. The molecule has 1 saturated carbocycles. The Morgan fingerprint density at radius 1 is 1.31 bits per heavy atom. The summed E-state index contributed by atoms with van der Waals surface area (Å²) in [5.74, 6) is 0.735. The van der Waals surface area contributed by atoms with Crippen LogP contribution in [0.3, 0.4) is 0 Å². The number of amides is 1. The molecule has 8 heteroatoms. The van der Waals surface area contributed by atoms with Gasteiger partial charge in [0.1, 0.15) is 11.4 Å². The van der Waals surface area contributed by atoms with Crippen molar-refractivity contribution in [2.45, 2.75) is 43.9 Å². The monoisotopic (exact) mass is 357 g/mol. The van der Waals surface area contributed by atoms with Crippen molar-refractivity contribution in [1.29, 1.82) is 0 Å². The smallest absolute Gasteiger partial charge is 0.280 e. The third kappa shape index (κ3) is 3.01. The van der Waals surface area contributed by atoms with Crippen molar-refractivity contribution >= 4 is 11.7 Å². The van der Waals surface area contributed by atoms with Crippen molar-refractivity contribution in [2.24, 2.45) is 0 Å². The highest BCUT2D eigenvalue weighted by Gasteiger charge is 2.40. The van der Waals surface area contributed by atoms with Crippen LogP contribution >= 0.6 is 0 Å². The Bertz CT molecular complexity index is 798. The highest BCUT2D eigenvalue weighted by molar-refractivity contribution is 5.96. The van der Waals surface area contributed by atoms with E-state index in [1.807, 2.05) is 18.2 Å². The van der Waals surface area contributed by atoms with Gasteiger partial charge in [0.15, 0.2) is 0 Å². The zero-order valence-corrected chi connectivity index (χ0v) is 14.8. The number of aromatic nitrogens is 2. The summed E-state index contributed by atoms with van der Waals surface area (Å²) in [5, 5.41) is 10.6. The van der Waals surface area contributed by atoms with E-state index in [0.717, 1.165) is 44.5 Å². The van der Waals surface area contributed by atoms with E-state index in [1.54, 1.807) is 11.9 Å². The average Bonchev–Trinajstić information content (AvgIpc) is 3.00. The van der Waals surface area contributed by atoms with Crippen molar-refractivity contribution in [1.82, 2.24) is 20.5 Å². The molecule has 1 amide bonds. The Morgan fingerprint density at radius 3 is 2.81 bits per heavy atom. The number of hydrogen-bond acceptors (Lipinski definition) is 7. The Balaban J connectivity index is 1.44. The molecule has 0 atom stereocenters. The second-order valence-electron chi connectivity index (χ2n) is 7.14. The van der Waals surface area contributed by atoms with Crippen LogP contribution in [0.2, 0.25) is 0 Å². The molecule has 26 heavy (non-hydrogen) atoms. The van der Waals surface area contributed by atoms with Crippen molar-refractivity contribution in [3.63, 3.8) is 0 Å². The lowest BCUT2D eigenvalue weighted by atomic mass is 9.81. The minimum absolute atomic E-state index is 0.0297. The summed E-state index contributed by atoms with van der Waals surface area (Å²) in [5.41, 5.74) is 6.68. The summed E-state index contributed by atoms with van der Waals surface area (Å²) < 4.78 is 11.0. The molecular formula is C18H23N5O3. The number of hydrogen-bond donors (Lipinski definition) is 2. The highest BCUT2D eigenvalue weighted by atomic mass is 16.6. The molecule has 138 valence electrons. The number of anilines is 1. The molecular weight excluding hydrogens is 334 g/mol. The Kier molecular flexibility index (Phi) is 4.28. The molecule has 4 rings (SSSR count). The van der Waals surface area contributed by atoms with Gasteiger partial charge in [-0.25, -0.2) is 4.63 Å². The minimum atomic E-state index is -0.255.